The molecule has 0 bridgehead atoms. The van der Waals surface area contributed by atoms with Crippen molar-refractivity contribution in [2.45, 2.75) is 0 Å². The minimum Gasteiger partial charge on any atom is -0.388 e. The van der Waals surface area contributed by atoms with Gasteiger partial charge >= 0.3 is 7.82 Å². The SMILES string of the molecule is O=P(O)(O)Oc1cc2cc(Br)c(Cl)cc2[nH]1.[Na].[Na]. The molecule has 88 valence electrons. The van der Waals surface area contributed by atoms with E-state index in [4.69, 9.17) is 21.4 Å². The van der Waals surface area contributed by atoms with Crippen LogP contribution in [0.4, 0.5) is 0 Å². The molecule has 18 heavy (non-hydrogen) atoms. The van der Waals surface area contributed by atoms with E-state index in [1.54, 1.807) is 12.1 Å². The summed E-state index contributed by atoms with van der Waals surface area (Å²) in [5.41, 5.74) is 0.636. The average Bonchev–Trinajstić information content (AvgIpc) is 2.44. The molecule has 0 saturated carbocycles. The first kappa shape index (κ1) is 19.5. The maximum atomic E-state index is 10.6. The summed E-state index contributed by atoms with van der Waals surface area (Å²) in [7, 11) is -4.54. The Hall–Kier alpha value is 1.48. The van der Waals surface area contributed by atoms with Gasteiger partial charge in [0.1, 0.15) is 0 Å². The van der Waals surface area contributed by atoms with Crippen molar-refractivity contribution < 1.29 is 18.9 Å². The third kappa shape index (κ3) is 5.11. The van der Waals surface area contributed by atoms with Gasteiger partial charge < -0.3 is 9.51 Å². The Morgan fingerprint density at radius 1 is 1.28 bits per heavy atom. The summed E-state index contributed by atoms with van der Waals surface area (Å²) in [6.45, 7) is 0. The summed E-state index contributed by atoms with van der Waals surface area (Å²) in [5.74, 6) is -0.00231. The Bertz CT molecular complexity index is 563. The van der Waals surface area contributed by atoms with E-state index in [0.29, 0.717) is 15.0 Å². The van der Waals surface area contributed by atoms with Crippen molar-refractivity contribution >= 4 is 105 Å². The van der Waals surface area contributed by atoms with Gasteiger partial charge in [0, 0.05) is 80.6 Å². The van der Waals surface area contributed by atoms with Crippen molar-refractivity contribution in [2.75, 3.05) is 0 Å². The molecule has 2 radical (unpaired) electrons. The Morgan fingerprint density at radius 2 is 1.89 bits per heavy atom. The molecule has 0 aliphatic carbocycles. The second-order valence-corrected chi connectivity index (χ2v) is 5.49. The van der Waals surface area contributed by atoms with Gasteiger partial charge in [0.05, 0.1) is 5.02 Å². The van der Waals surface area contributed by atoms with Crippen LogP contribution in [0.3, 0.4) is 0 Å². The summed E-state index contributed by atoms with van der Waals surface area (Å²) in [5, 5.41) is 1.23. The molecule has 0 amide bonds. The van der Waals surface area contributed by atoms with Crippen LogP contribution in [0.15, 0.2) is 22.7 Å². The van der Waals surface area contributed by atoms with Gasteiger partial charge in [0.15, 0.2) is 0 Å². The van der Waals surface area contributed by atoms with Crippen molar-refractivity contribution in [1.29, 1.82) is 0 Å². The summed E-state index contributed by atoms with van der Waals surface area (Å²) >= 11 is 9.12. The number of hydrogen-bond donors (Lipinski definition) is 3. The third-order valence-electron chi connectivity index (χ3n) is 1.85. The number of halogens is 2. The number of rotatable bonds is 2. The van der Waals surface area contributed by atoms with E-state index >= 15 is 0 Å². The number of nitrogens with one attached hydrogen (secondary N) is 1. The molecule has 1 aromatic carbocycles. The number of phosphoric acid groups is 1. The Morgan fingerprint density at radius 3 is 2.44 bits per heavy atom. The summed E-state index contributed by atoms with van der Waals surface area (Å²) in [6.07, 6.45) is 0. The van der Waals surface area contributed by atoms with Crippen LogP contribution in [0.25, 0.3) is 10.9 Å². The van der Waals surface area contributed by atoms with Crippen LogP contribution in [0.1, 0.15) is 0 Å². The van der Waals surface area contributed by atoms with E-state index in [0.717, 1.165) is 5.39 Å². The minimum absolute atomic E-state index is 0. The van der Waals surface area contributed by atoms with E-state index < -0.39 is 7.82 Å². The first-order valence-electron chi connectivity index (χ1n) is 4.08. The Kier molecular flexibility index (Phi) is 8.09. The molecule has 2 aromatic rings. The zero-order chi connectivity index (χ0) is 11.9. The molecule has 2 rings (SSSR count). The van der Waals surface area contributed by atoms with Gasteiger partial charge in [0.25, 0.3) is 0 Å². The fourth-order valence-corrected chi connectivity index (χ4v) is 2.16. The van der Waals surface area contributed by atoms with Crippen molar-refractivity contribution in [3.05, 3.63) is 27.7 Å². The largest absolute Gasteiger partial charge is 0.525 e. The second-order valence-electron chi connectivity index (χ2n) is 3.07. The predicted molar refractivity (Wildman–Crippen MR) is 75.2 cm³/mol. The van der Waals surface area contributed by atoms with E-state index in [-0.39, 0.29) is 65.0 Å². The average molecular weight is 372 g/mol. The summed E-state index contributed by atoms with van der Waals surface area (Å²) < 4.78 is 15.7. The molecule has 1 heterocycles. The molecular formula is C8H6BrClNNa2O4P. The van der Waals surface area contributed by atoms with Crippen LogP contribution in [-0.4, -0.2) is 73.9 Å². The summed E-state index contributed by atoms with van der Waals surface area (Å²) in [6, 6.07) is 4.84. The number of hydrogen-bond acceptors (Lipinski definition) is 2. The van der Waals surface area contributed by atoms with E-state index in [1.807, 2.05) is 0 Å². The molecular weight excluding hydrogens is 366 g/mol. The van der Waals surface area contributed by atoms with Crippen LogP contribution in [0.5, 0.6) is 5.88 Å². The van der Waals surface area contributed by atoms with Crippen molar-refractivity contribution in [1.82, 2.24) is 4.98 Å². The molecule has 0 saturated heterocycles. The van der Waals surface area contributed by atoms with E-state index in [1.165, 1.54) is 6.07 Å². The monoisotopic (exact) mass is 371 g/mol. The number of H-pyrrole nitrogens is 1. The zero-order valence-electron chi connectivity index (χ0n) is 9.65. The van der Waals surface area contributed by atoms with Gasteiger partial charge in [-0.15, -0.1) is 0 Å². The van der Waals surface area contributed by atoms with E-state index in [2.05, 4.69) is 25.4 Å². The van der Waals surface area contributed by atoms with E-state index in [9.17, 15) is 4.57 Å². The van der Waals surface area contributed by atoms with Crippen LogP contribution in [0, 0.1) is 0 Å². The first-order chi connectivity index (χ1) is 7.35. The van der Waals surface area contributed by atoms with Crippen LogP contribution in [0.2, 0.25) is 5.02 Å². The minimum atomic E-state index is -4.54. The standard InChI is InChI=1S/C8H6BrClNO4P.2Na/c9-5-1-4-2-8(15-16(12,13)14)11-7(4)3-6(5)10;;/h1-3,11H,(H2,12,13,14);;. The molecule has 0 spiro atoms. The van der Waals surface area contributed by atoms with Gasteiger partial charge in [-0.1, -0.05) is 11.6 Å². The van der Waals surface area contributed by atoms with Gasteiger partial charge in [0.2, 0.25) is 5.88 Å². The number of aromatic nitrogens is 1. The Labute approximate surface area is 161 Å². The fraction of sp³-hybridized carbons (Fsp3) is 0. The van der Waals surface area contributed by atoms with Gasteiger partial charge in [-0.3, -0.25) is 9.79 Å². The number of phosphoric ester groups is 1. The van der Waals surface area contributed by atoms with Crippen molar-refractivity contribution in [3.63, 3.8) is 0 Å². The number of benzene rings is 1. The molecule has 0 unspecified atom stereocenters. The van der Waals surface area contributed by atoms with Crippen LogP contribution < -0.4 is 4.52 Å². The number of fused-ring (bicyclic) bond motifs is 1. The van der Waals surface area contributed by atoms with Crippen LogP contribution in [-0.2, 0) is 4.57 Å². The molecule has 5 nitrogen and oxygen atoms in total. The first-order valence-corrected chi connectivity index (χ1v) is 6.78. The smallest absolute Gasteiger partial charge is 0.388 e. The van der Waals surface area contributed by atoms with Gasteiger partial charge in [-0.2, -0.15) is 0 Å². The zero-order valence-corrected chi connectivity index (χ0v) is 16.9. The molecule has 0 aliphatic heterocycles. The molecule has 0 atom stereocenters. The quantitative estimate of drug-likeness (QED) is 0.558. The summed E-state index contributed by atoms with van der Waals surface area (Å²) in [4.78, 5) is 20.0. The molecule has 3 N–H and O–H groups in total. The van der Waals surface area contributed by atoms with Crippen LogP contribution >= 0.6 is 35.4 Å². The van der Waals surface area contributed by atoms with Crippen molar-refractivity contribution in [3.8, 4) is 5.88 Å². The number of aromatic amines is 1. The third-order valence-corrected chi connectivity index (χ3v) is 3.49. The van der Waals surface area contributed by atoms with Gasteiger partial charge in [-0.05, 0) is 28.1 Å². The predicted octanol–water partition coefficient (Wildman–Crippen LogP) is 2.29. The topological polar surface area (TPSA) is 82.6 Å². The fourth-order valence-electron chi connectivity index (χ4n) is 1.28. The molecule has 10 heteroatoms. The Balaban J connectivity index is 0.00000144. The van der Waals surface area contributed by atoms with Gasteiger partial charge in [-0.25, -0.2) is 4.57 Å². The second kappa shape index (κ2) is 7.48. The normalized spacial score (nSPS) is 10.7. The molecule has 0 fully saturated rings. The molecule has 0 aliphatic rings. The maximum absolute atomic E-state index is 10.6. The van der Waals surface area contributed by atoms with Crippen molar-refractivity contribution in [2.24, 2.45) is 0 Å². The maximum Gasteiger partial charge on any atom is 0.525 e. The molecule has 1 aromatic heterocycles.